The van der Waals surface area contributed by atoms with Gasteiger partial charge >= 0.3 is 0 Å². The predicted molar refractivity (Wildman–Crippen MR) is 115 cm³/mol. The lowest BCUT2D eigenvalue weighted by molar-refractivity contribution is 0.296. The largest absolute Gasteiger partial charge is 0.396 e. The van der Waals surface area contributed by atoms with Crippen molar-refractivity contribution in [1.29, 1.82) is 0 Å². The molecule has 10 heteroatoms. The van der Waals surface area contributed by atoms with Crippen LogP contribution in [0.4, 0.5) is 17.1 Å². The molecular weight excluding hydrogens is 470 g/mol. The Morgan fingerprint density at radius 1 is 1.32 bits per heavy atom. The third kappa shape index (κ3) is 4.22. The van der Waals surface area contributed by atoms with E-state index in [0.717, 1.165) is 4.47 Å². The Labute approximate surface area is 176 Å². The van der Waals surface area contributed by atoms with Crippen LogP contribution in [0.2, 0.25) is 5.02 Å². The number of hydrogen-bond acceptors (Lipinski definition) is 5. The molecule has 1 heterocycles. The molecule has 3 rings (SSSR count). The van der Waals surface area contributed by atoms with Gasteiger partial charge in [-0.05, 0) is 38.0 Å². The number of anilines is 3. The van der Waals surface area contributed by atoms with E-state index in [0.29, 0.717) is 40.5 Å². The number of benzene rings is 1. The standard InChI is InChI=1S/C18H21BrClN3O4S/c1-10-16(21-14-6-3-11(19)9-13(14)20)17(22-28(26,27)12-4-5-12)15(7-8-24)23(2)18(10)25/h3,6,9,12,21-22,24H,4-5,7-8H2,1-2H3. The van der Waals surface area contributed by atoms with Crippen molar-refractivity contribution >= 4 is 54.6 Å². The number of rotatable bonds is 7. The topological polar surface area (TPSA) is 100 Å². The highest BCUT2D eigenvalue weighted by molar-refractivity contribution is 9.10. The molecule has 0 radical (unpaired) electrons. The maximum absolute atomic E-state index is 12.7. The summed E-state index contributed by atoms with van der Waals surface area (Å²) in [6, 6.07) is 5.21. The number of nitrogens with one attached hydrogen (secondary N) is 2. The van der Waals surface area contributed by atoms with Gasteiger partial charge in [0.2, 0.25) is 10.0 Å². The van der Waals surface area contributed by atoms with Crippen LogP contribution in [0.3, 0.4) is 0 Å². The molecule has 1 saturated carbocycles. The van der Waals surface area contributed by atoms with Crippen molar-refractivity contribution in [3.05, 3.63) is 49.3 Å². The highest BCUT2D eigenvalue weighted by Crippen LogP contribution is 2.37. The summed E-state index contributed by atoms with van der Waals surface area (Å²) in [6.45, 7) is 1.39. The van der Waals surface area contributed by atoms with Gasteiger partial charge in [-0.3, -0.25) is 9.52 Å². The Kier molecular flexibility index (Phi) is 6.09. The minimum absolute atomic E-state index is 0.122. The van der Waals surface area contributed by atoms with Crippen molar-refractivity contribution in [1.82, 2.24) is 4.57 Å². The van der Waals surface area contributed by atoms with Crippen LogP contribution in [0.25, 0.3) is 0 Å². The highest BCUT2D eigenvalue weighted by atomic mass is 79.9. The normalized spacial score (nSPS) is 14.2. The molecule has 0 saturated heterocycles. The van der Waals surface area contributed by atoms with Crippen molar-refractivity contribution in [2.24, 2.45) is 7.05 Å². The van der Waals surface area contributed by atoms with E-state index in [-0.39, 0.29) is 24.3 Å². The van der Waals surface area contributed by atoms with Crippen LogP contribution in [-0.4, -0.2) is 29.9 Å². The number of aliphatic hydroxyl groups is 1. The number of aromatic nitrogens is 1. The van der Waals surface area contributed by atoms with Crippen molar-refractivity contribution in [2.45, 2.75) is 31.4 Å². The van der Waals surface area contributed by atoms with Gasteiger partial charge in [0.1, 0.15) is 0 Å². The summed E-state index contributed by atoms with van der Waals surface area (Å²) in [5.41, 5.74) is 1.59. The molecule has 0 aliphatic heterocycles. The van der Waals surface area contributed by atoms with Gasteiger partial charge in [-0.15, -0.1) is 0 Å². The van der Waals surface area contributed by atoms with Gasteiger partial charge in [-0.25, -0.2) is 8.42 Å². The fourth-order valence-electron chi connectivity index (χ4n) is 2.97. The van der Waals surface area contributed by atoms with E-state index >= 15 is 0 Å². The zero-order chi connectivity index (χ0) is 20.6. The number of sulfonamides is 1. The molecule has 1 aliphatic carbocycles. The Bertz CT molecular complexity index is 1080. The van der Waals surface area contributed by atoms with Crippen LogP contribution in [0.15, 0.2) is 27.5 Å². The molecule has 1 aliphatic rings. The zero-order valence-corrected chi connectivity index (χ0v) is 18.6. The SMILES string of the molecule is Cc1c(Nc2ccc(Br)cc2Cl)c(NS(=O)(=O)C2CC2)c(CCO)n(C)c1=O. The predicted octanol–water partition coefficient (Wildman–Crippen LogP) is 3.29. The van der Waals surface area contributed by atoms with Crippen molar-refractivity contribution in [3.63, 3.8) is 0 Å². The lowest BCUT2D eigenvalue weighted by atomic mass is 10.1. The second kappa shape index (κ2) is 8.06. The van der Waals surface area contributed by atoms with Crippen molar-refractivity contribution < 1.29 is 13.5 Å². The van der Waals surface area contributed by atoms with Gasteiger partial charge in [0.25, 0.3) is 5.56 Å². The molecule has 7 nitrogen and oxygen atoms in total. The summed E-state index contributed by atoms with van der Waals surface area (Å²) >= 11 is 9.64. The van der Waals surface area contributed by atoms with Crippen LogP contribution in [0.5, 0.6) is 0 Å². The Morgan fingerprint density at radius 2 is 2.00 bits per heavy atom. The quantitative estimate of drug-likeness (QED) is 0.553. The zero-order valence-electron chi connectivity index (χ0n) is 15.4. The molecule has 0 amide bonds. The Balaban J connectivity index is 2.19. The maximum atomic E-state index is 12.7. The van der Waals surface area contributed by atoms with E-state index in [9.17, 15) is 18.3 Å². The first-order chi connectivity index (χ1) is 13.2. The summed E-state index contributed by atoms with van der Waals surface area (Å²) < 4.78 is 30.0. The lowest BCUT2D eigenvalue weighted by Gasteiger charge is -2.22. The summed E-state index contributed by atoms with van der Waals surface area (Å²) in [5.74, 6) is 0. The van der Waals surface area contributed by atoms with E-state index in [1.54, 1.807) is 32.2 Å². The van der Waals surface area contributed by atoms with Gasteiger partial charge in [-0.2, -0.15) is 0 Å². The van der Waals surface area contributed by atoms with E-state index < -0.39 is 15.3 Å². The van der Waals surface area contributed by atoms with Crippen LogP contribution < -0.4 is 15.6 Å². The van der Waals surface area contributed by atoms with Crippen LogP contribution >= 0.6 is 27.5 Å². The first kappa shape index (κ1) is 21.2. The Hall–Kier alpha value is -1.55. The van der Waals surface area contributed by atoms with Gasteiger partial charge < -0.3 is 15.0 Å². The minimum atomic E-state index is -3.59. The number of aliphatic hydroxyl groups excluding tert-OH is 1. The van der Waals surface area contributed by atoms with E-state index in [1.807, 2.05) is 0 Å². The number of nitrogens with zero attached hydrogens (tertiary/aromatic N) is 1. The number of pyridine rings is 1. The molecule has 0 atom stereocenters. The molecule has 2 aromatic rings. The summed E-state index contributed by atoms with van der Waals surface area (Å²) in [7, 11) is -2.03. The molecule has 152 valence electrons. The van der Waals surface area contributed by atoms with Gasteiger partial charge in [0.05, 0.1) is 27.3 Å². The van der Waals surface area contributed by atoms with Crippen LogP contribution in [-0.2, 0) is 23.5 Å². The molecular formula is C18H21BrClN3O4S. The number of halogens is 2. The summed E-state index contributed by atoms with van der Waals surface area (Å²) in [6.07, 6.45) is 1.34. The lowest BCUT2D eigenvalue weighted by Crippen LogP contribution is -2.29. The third-order valence-electron chi connectivity index (χ3n) is 4.69. The third-order valence-corrected chi connectivity index (χ3v) is 7.33. The second-order valence-corrected chi connectivity index (χ2v) is 10.0. The van der Waals surface area contributed by atoms with E-state index in [4.69, 9.17) is 11.6 Å². The van der Waals surface area contributed by atoms with E-state index in [2.05, 4.69) is 26.0 Å². The minimum Gasteiger partial charge on any atom is -0.396 e. The molecule has 3 N–H and O–H groups in total. The van der Waals surface area contributed by atoms with Crippen LogP contribution in [0, 0.1) is 6.92 Å². The summed E-state index contributed by atoms with van der Waals surface area (Å²) in [5, 5.41) is 12.6. The van der Waals surface area contributed by atoms with E-state index in [1.165, 1.54) is 4.57 Å². The van der Waals surface area contributed by atoms with Gasteiger partial charge in [0, 0.05) is 35.8 Å². The fourth-order valence-corrected chi connectivity index (χ4v) is 5.12. The van der Waals surface area contributed by atoms with Gasteiger partial charge in [0.15, 0.2) is 0 Å². The maximum Gasteiger partial charge on any atom is 0.255 e. The molecule has 0 unspecified atom stereocenters. The first-order valence-corrected chi connectivity index (χ1v) is 11.4. The molecule has 1 fully saturated rings. The van der Waals surface area contributed by atoms with Crippen LogP contribution in [0.1, 0.15) is 24.1 Å². The molecule has 28 heavy (non-hydrogen) atoms. The average Bonchev–Trinajstić information content (AvgIpc) is 3.47. The summed E-state index contributed by atoms with van der Waals surface area (Å²) in [4.78, 5) is 12.7. The fraction of sp³-hybridized carbons (Fsp3) is 0.389. The molecule has 1 aromatic carbocycles. The van der Waals surface area contributed by atoms with Crippen molar-refractivity contribution in [2.75, 3.05) is 16.6 Å². The average molecular weight is 491 g/mol. The monoisotopic (exact) mass is 489 g/mol. The molecule has 1 aromatic heterocycles. The second-order valence-electron chi connectivity index (χ2n) is 6.76. The highest BCUT2D eigenvalue weighted by Gasteiger charge is 2.37. The Morgan fingerprint density at radius 3 is 2.57 bits per heavy atom. The number of hydrogen-bond donors (Lipinski definition) is 3. The molecule has 0 bridgehead atoms. The van der Waals surface area contributed by atoms with Gasteiger partial charge in [-0.1, -0.05) is 27.5 Å². The molecule has 0 spiro atoms. The smallest absolute Gasteiger partial charge is 0.255 e. The first-order valence-electron chi connectivity index (χ1n) is 8.72. The van der Waals surface area contributed by atoms with Crippen molar-refractivity contribution in [3.8, 4) is 0 Å².